The number of benzene rings is 3. The molecule has 0 aliphatic rings. The lowest BCUT2D eigenvalue weighted by atomic mass is 9.87. The Morgan fingerprint density at radius 2 is 1.34 bits per heavy atom. The third kappa shape index (κ3) is 4.82. The minimum atomic E-state index is -0.714. The highest BCUT2D eigenvalue weighted by Crippen LogP contribution is 2.27. The van der Waals surface area contributed by atoms with Crippen molar-refractivity contribution in [2.75, 3.05) is 16.0 Å². The first-order valence-electron chi connectivity index (χ1n) is 9.42. The molecule has 3 rings (SSSR count). The largest absolute Gasteiger partial charge is 0.399 e. The zero-order chi connectivity index (χ0) is 21.0. The maximum absolute atomic E-state index is 13.0. The van der Waals surface area contributed by atoms with Crippen molar-refractivity contribution in [2.45, 2.75) is 26.2 Å². The predicted molar refractivity (Wildman–Crippen MR) is 118 cm³/mol. The van der Waals surface area contributed by atoms with Crippen molar-refractivity contribution in [3.05, 3.63) is 84.4 Å². The smallest absolute Gasteiger partial charge is 0.321 e. The third-order valence-corrected chi connectivity index (χ3v) is 4.57. The van der Waals surface area contributed by atoms with Gasteiger partial charge in [-0.05, 0) is 59.5 Å². The van der Waals surface area contributed by atoms with Gasteiger partial charge in [0.25, 0.3) is 0 Å². The highest BCUT2D eigenvalue weighted by molar-refractivity contribution is 6.45. The molecule has 5 nitrogen and oxygen atoms in total. The van der Waals surface area contributed by atoms with Crippen molar-refractivity contribution in [3.8, 4) is 0 Å². The molecule has 0 saturated carbocycles. The molecule has 0 aliphatic heterocycles. The molecule has 3 N–H and O–H groups in total. The molecule has 0 bridgehead atoms. The molecule has 3 aromatic rings. The Kier molecular flexibility index (Phi) is 5.69. The summed E-state index contributed by atoms with van der Waals surface area (Å²) in [5.41, 5.74) is 9.24. The van der Waals surface area contributed by atoms with E-state index < -0.39 is 11.8 Å². The number of amides is 2. The maximum Gasteiger partial charge on any atom is 0.321 e. The molecule has 0 radical (unpaired) electrons. The molecule has 0 atom stereocenters. The van der Waals surface area contributed by atoms with Gasteiger partial charge in [0.1, 0.15) is 0 Å². The van der Waals surface area contributed by atoms with Crippen LogP contribution in [0.15, 0.2) is 78.9 Å². The maximum atomic E-state index is 13.0. The number of nitrogens with two attached hydrogens (primary N) is 1. The minimum absolute atomic E-state index is 0.0115. The molecule has 0 unspecified atom stereocenters. The second-order valence-corrected chi connectivity index (χ2v) is 7.85. The van der Waals surface area contributed by atoms with E-state index in [9.17, 15) is 9.59 Å². The van der Waals surface area contributed by atoms with E-state index in [0.29, 0.717) is 22.7 Å². The molecule has 3 aromatic carbocycles. The van der Waals surface area contributed by atoms with E-state index >= 15 is 0 Å². The predicted octanol–water partition coefficient (Wildman–Crippen LogP) is 4.87. The number of rotatable bonds is 3. The second-order valence-electron chi connectivity index (χ2n) is 7.85. The van der Waals surface area contributed by atoms with Crippen LogP contribution in [-0.4, -0.2) is 11.8 Å². The second kappa shape index (κ2) is 8.19. The SMILES string of the molecule is CC(C)(C)c1ccc(NC(=O)C(=O)N(c2ccccc2)c2ccc(N)cc2)cc1. The summed E-state index contributed by atoms with van der Waals surface area (Å²) in [6.45, 7) is 6.36. The number of anilines is 4. The highest BCUT2D eigenvalue weighted by atomic mass is 16.2. The van der Waals surface area contributed by atoms with Crippen LogP contribution in [0.2, 0.25) is 0 Å². The lowest BCUT2D eigenvalue weighted by Crippen LogP contribution is -2.36. The van der Waals surface area contributed by atoms with Gasteiger partial charge in [0, 0.05) is 22.7 Å². The molecule has 0 fully saturated rings. The van der Waals surface area contributed by atoms with Crippen molar-refractivity contribution in [1.82, 2.24) is 0 Å². The van der Waals surface area contributed by atoms with Gasteiger partial charge in [-0.2, -0.15) is 0 Å². The molecule has 0 heterocycles. The van der Waals surface area contributed by atoms with Gasteiger partial charge in [0.2, 0.25) is 0 Å². The summed E-state index contributed by atoms with van der Waals surface area (Å²) in [6.07, 6.45) is 0. The minimum Gasteiger partial charge on any atom is -0.399 e. The number of nitrogens with zero attached hydrogens (tertiary/aromatic N) is 1. The van der Waals surface area contributed by atoms with Crippen LogP contribution in [0.5, 0.6) is 0 Å². The average molecular weight is 387 g/mol. The number of hydrogen-bond acceptors (Lipinski definition) is 3. The molecule has 2 amide bonds. The first-order chi connectivity index (χ1) is 13.8. The van der Waals surface area contributed by atoms with Crippen LogP contribution in [0, 0.1) is 0 Å². The lowest BCUT2D eigenvalue weighted by molar-refractivity contribution is -0.134. The third-order valence-electron chi connectivity index (χ3n) is 4.57. The number of para-hydroxylation sites is 1. The summed E-state index contributed by atoms with van der Waals surface area (Å²) in [7, 11) is 0. The van der Waals surface area contributed by atoms with Crippen LogP contribution in [0.25, 0.3) is 0 Å². The Morgan fingerprint density at radius 1 is 0.793 bits per heavy atom. The Balaban J connectivity index is 1.85. The first-order valence-corrected chi connectivity index (χ1v) is 9.42. The summed E-state index contributed by atoms with van der Waals surface area (Å²) in [6, 6.07) is 23.4. The fourth-order valence-electron chi connectivity index (χ4n) is 2.92. The molecular weight excluding hydrogens is 362 g/mol. The van der Waals surface area contributed by atoms with Crippen LogP contribution in [0.1, 0.15) is 26.3 Å². The van der Waals surface area contributed by atoms with Crippen LogP contribution < -0.4 is 16.0 Å². The van der Waals surface area contributed by atoms with Crippen LogP contribution in [0.3, 0.4) is 0 Å². The van der Waals surface area contributed by atoms with E-state index in [1.165, 1.54) is 4.90 Å². The summed E-state index contributed by atoms with van der Waals surface area (Å²) in [5.74, 6) is -1.39. The Hall–Kier alpha value is -3.60. The van der Waals surface area contributed by atoms with Crippen molar-refractivity contribution in [3.63, 3.8) is 0 Å². The zero-order valence-corrected chi connectivity index (χ0v) is 16.8. The number of nitrogen functional groups attached to an aromatic ring is 1. The van der Waals surface area contributed by atoms with E-state index in [0.717, 1.165) is 5.56 Å². The summed E-state index contributed by atoms with van der Waals surface area (Å²) >= 11 is 0. The Bertz CT molecular complexity index is 989. The number of hydrogen-bond donors (Lipinski definition) is 2. The van der Waals surface area contributed by atoms with Crippen molar-refractivity contribution in [1.29, 1.82) is 0 Å². The van der Waals surface area contributed by atoms with E-state index in [1.54, 1.807) is 36.4 Å². The number of carbonyl (C=O) groups is 2. The van der Waals surface area contributed by atoms with Gasteiger partial charge in [-0.3, -0.25) is 14.5 Å². The lowest BCUT2D eigenvalue weighted by Gasteiger charge is -2.23. The molecule has 0 aliphatic carbocycles. The first kappa shape index (κ1) is 20.1. The van der Waals surface area contributed by atoms with Gasteiger partial charge in [0.15, 0.2) is 0 Å². The van der Waals surface area contributed by atoms with Crippen LogP contribution >= 0.6 is 0 Å². The molecule has 29 heavy (non-hydrogen) atoms. The normalized spacial score (nSPS) is 11.0. The fourth-order valence-corrected chi connectivity index (χ4v) is 2.92. The summed E-state index contributed by atoms with van der Waals surface area (Å²) < 4.78 is 0. The quantitative estimate of drug-likeness (QED) is 0.497. The van der Waals surface area contributed by atoms with Crippen molar-refractivity contribution in [2.24, 2.45) is 0 Å². The van der Waals surface area contributed by atoms with Gasteiger partial charge >= 0.3 is 11.8 Å². The molecular formula is C24H25N3O2. The van der Waals surface area contributed by atoms with Crippen molar-refractivity contribution >= 4 is 34.6 Å². The Labute approximate surface area is 171 Å². The summed E-state index contributed by atoms with van der Waals surface area (Å²) in [4.78, 5) is 27.1. The zero-order valence-electron chi connectivity index (χ0n) is 16.8. The van der Waals surface area contributed by atoms with Gasteiger partial charge < -0.3 is 11.1 Å². The summed E-state index contributed by atoms with van der Waals surface area (Å²) in [5, 5.41) is 2.70. The average Bonchev–Trinajstić information content (AvgIpc) is 2.70. The van der Waals surface area contributed by atoms with Gasteiger partial charge in [-0.1, -0.05) is 51.1 Å². The van der Waals surface area contributed by atoms with Gasteiger partial charge in [-0.25, -0.2) is 0 Å². The van der Waals surface area contributed by atoms with Crippen molar-refractivity contribution < 1.29 is 9.59 Å². The highest BCUT2D eigenvalue weighted by Gasteiger charge is 2.25. The molecule has 148 valence electrons. The number of nitrogens with one attached hydrogen (secondary N) is 1. The topological polar surface area (TPSA) is 75.4 Å². The van der Waals surface area contributed by atoms with Crippen LogP contribution in [-0.2, 0) is 15.0 Å². The molecule has 5 heteroatoms. The molecule has 0 spiro atoms. The van der Waals surface area contributed by atoms with E-state index in [-0.39, 0.29) is 5.41 Å². The Morgan fingerprint density at radius 3 is 1.90 bits per heavy atom. The molecule has 0 aromatic heterocycles. The van der Waals surface area contributed by atoms with E-state index in [1.807, 2.05) is 42.5 Å². The van der Waals surface area contributed by atoms with E-state index in [2.05, 4.69) is 26.1 Å². The van der Waals surface area contributed by atoms with Gasteiger partial charge in [-0.15, -0.1) is 0 Å². The fraction of sp³-hybridized carbons (Fsp3) is 0.167. The molecule has 0 saturated heterocycles. The van der Waals surface area contributed by atoms with Crippen LogP contribution in [0.4, 0.5) is 22.7 Å². The standard InChI is InChI=1S/C24H25N3O2/c1-24(2,3)17-9-13-19(14-10-17)26-22(28)23(29)27(20-7-5-4-6-8-20)21-15-11-18(25)12-16-21/h4-16H,25H2,1-3H3,(H,26,28). The monoisotopic (exact) mass is 387 g/mol. The van der Waals surface area contributed by atoms with E-state index in [4.69, 9.17) is 5.73 Å². The van der Waals surface area contributed by atoms with Gasteiger partial charge in [0.05, 0.1) is 0 Å². The number of carbonyl (C=O) groups excluding carboxylic acids is 2.